The molecule has 45 heavy (non-hydrogen) atoms. The number of methoxy groups -OCH3 is 1. The number of nitrogens with zero attached hydrogens (tertiary/aromatic N) is 2. The van der Waals surface area contributed by atoms with Crippen LogP contribution >= 0.6 is 11.3 Å². The minimum absolute atomic E-state index is 0.0129. The summed E-state index contributed by atoms with van der Waals surface area (Å²) in [7, 11) is 1.58. The number of ketones is 1. The van der Waals surface area contributed by atoms with Crippen molar-refractivity contribution in [2.45, 2.75) is 52.7 Å². The zero-order chi connectivity index (χ0) is 31.8. The van der Waals surface area contributed by atoms with Crippen LogP contribution in [0.4, 0.5) is 5.13 Å². The van der Waals surface area contributed by atoms with E-state index in [1.807, 2.05) is 32.0 Å². The van der Waals surface area contributed by atoms with Crippen molar-refractivity contribution in [1.82, 2.24) is 4.98 Å². The monoisotopic (exact) mass is 628 g/mol. The van der Waals surface area contributed by atoms with E-state index < -0.39 is 17.7 Å². The van der Waals surface area contributed by atoms with Crippen molar-refractivity contribution < 1.29 is 33.6 Å². The molecule has 4 aromatic rings. The Kier molecular flexibility index (Phi) is 8.42. The van der Waals surface area contributed by atoms with E-state index in [-0.39, 0.29) is 17.4 Å². The fraction of sp³-hybridized carbons (Fsp3) is 0.343. The van der Waals surface area contributed by atoms with Gasteiger partial charge in [0.2, 0.25) is 0 Å². The van der Waals surface area contributed by atoms with Gasteiger partial charge in [0, 0.05) is 12.0 Å². The van der Waals surface area contributed by atoms with Crippen LogP contribution < -0.4 is 23.8 Å². The van der Waals surface area contributed by atoms with Crippen molar-refractivity contribution in [2.24, 2.45) is 5.92 Å². The molecule has 10 heteroatoms. The molecule has 1 N–H and O–H groups in total. The number of hydrogen-bond acceptors (Lipinski definition) is 9. The van der Waals surface area contributed by atoms with Crippen LogP contribution in [0.3, 0.4) is 0 Å². The van der Waals surface area contributed by atoms with Gasteiger partial charge < -0.3 is 24.1 Å². The van der Waals surface area contributed by atoms with Gasteiger partial charge in [-0.2, -0.15) is 0 Å². The number of thiazole rings is 1. The number of carbonyl (C=O) groups excluding carboxylic acids is 2. The van der Waals surface area contributed by atoms with E-state index >= 15 is 0 Å². The fourth-order valence-electron chi connectivity index (χ4n) is 5.68. The maximum atomic E-state index is 13.8. The lowest BCUT2D eigenvalue weighted by Crippen LogP contribution is -2.29. The Hall–Kier alpha value is -4.57. The van der Waals surface area contributed by atoms with Gasteiger partial charge in [-0.1, -0.05) is 31.3 Å². The van der Waals surface area contributed by atoms with Crippen molar-refractivity contribution in [1.29, 1.82) is 0 Å². The number of aliphatic hydroxyl groups excluding tert-OH is 1. The van der Waals surface area contributed by atoms with Crippen LogP contribution in [0.2, 0.25) is 0 Å². The zero-order valence-corrected chi connectivity index (χ0v) is 26.8. The van der Waals surface area contributed by atoms with Crippen LogP contribution in [0, 0.1) is 5.92 Å². The first-order valence-electron chi connectivity index (χ1n) is 15.1. The number of benzene rings is 3. The maximum absolute atomic E-state index is 13.8. The molecule has 3 aromatic carbocycles. The molecule has 1 amide bonds. The van der Waals surface area contributed by atoms with Crippen molar-refractivity contribution in [3.63, 3.8) is 0 Å². The number of ether oxygens (including phenoxy) is 4. The maximum Gasteiger partial charge on any atom is 0.301 e. The predicted octanol–water partition coefficient (Wildman–Crippen LogP) is 7.08. The molecule has 0 saturated carbocycles. The van der Waals surface area contributed by atoms with E-state index in [0.29, 0.717) is 64.6 Å². The third-order valence-corrected chi connectivity index (χ3v) is 8.96. The number of fused-ring (bicyclic) bond motifs is 2. The number of anilines is 1. The molecule has 3 heterocycles. The summed E-state index contributed by atoms with van der Waals surface area (Å²) in [6.45, 7) is 9.03. The van der Waals surface area contributed by atoms with Gasteiger partial charge in [-0.15, -0.1) is 0 Å². The number of Topliss-reactive ketones (excluding diaryl/α,β-unsaturated/α-hetero) is 1. The highest BCUT2D eigenvalue weighted by Gasteiger charge is 2.48. The fourth-order valence-corrected chi connectivity index (χ4v) is 6.70. The van der Waals surface area contributed by atoms with Gasteiger partial charge in [0.15, 0.2) is 16.6 Å². The minimum Gasteiger partial charge on any atom is -0.507 e. The predicted molar refractivity (Wildman–Crippen MR) is 174 cm³/mol. The quantitative estimate of drug-likeness (QED) is 0.113. The van der Waals surface area contributed by atoms with E-state index in [1.165, 1.54) is 16.2 Å². The smallest absolute Gasteiger partial charge is 0.301 e. The molecular weight excluding hydrogens is 592 g/mol. The summed E-state index contributed by atoms with van der Waals surface area (Å²) in [6, 6.07) is 15.2. The van der Waals surface area contributed by atoms with Gasteiger partial charge in [-0.3, -0.25) is 14.5 Å². The van der Waals surface area contributed by atoms with E-state index in [1.54, 1.807) is 43.5 Å². The summed E-state index contributed by atoms with van der Waals surface area (Å²) < 4.78 is 24.0. The molecule has 1 saturated heterocycles. The Labute approximate surface area is 266 Å². The number of amides is 1. The van der Waals surface area contributed by atoms with Crippen molar-refractivity contribution in [3.8, 4) is 23.0 Å². The Morgan fingerprint density at radius 3 is 2.67 bits per heavy atom. The van der Waals surface area contributed by atoms with Crippen LogP contribution in [-0.4, -0.2) is 48.2 Å². The third kappa shape index (κ3) is 5.82. The van der Waals surface area contributed by atoms with Crippen molar-refractivity contribution >= 4 is 44.1 Å². The van der Waals surface area contributed by atoms with Crippen LogP contribution in [0.15, 0.2) is 60.2 Å². The van der Waals surface area contributed by atoms with Crippen molar-refractivity contribution in [3.05, 3.63) is 76.9 Å². The highest BCUT2D eigenvalue weighted by atomic mass is 32.1. The second kappa shape index (κ2) is 12.4. The highest BCUT2D eigenvalue weighted by molar-refractivity contribution is 7.22. The zero-order valence-electron chi connectivity index (χ0n) is 26.0. The van der Waals surface area contributed by atoms with E-state index in [2.05, 4.69) is 13.8 Å². The second-order valence-electron chi connectivity index (χ2n) is 11.6. The molecule has 0 bridgehead atoms. The Morgan fingerprint density at radius 2 is 1.91 bits per heavy atom. The summed E-state index contributed by atoms with van der Waals surface area (Å²) in [4.78, 5) is 33.8. The Bertz CT molecular complexity index is 1810. The third-order valence-electron chi connectivity index (χ3n) is 7.94. The molecule has 0 unspecified atom stereocenters. The number of rotatable bonds is 10. The molecule has 2 aliphatic heterocycles. The molecule has 234 valence electrons. The lowest BCUT2D eigenvalue weighted by Gasteiger charge is -2.24. The standard InChI is InChI=1S/C35H36N2O7S/c1-6-42-28-17-21(7-12-27(28)43-14-13-19(2)3)31-30(32(38)22-8-11-26-23(16-22)15-20(4)44-26)33(39)34(40)37(31)35-36-25-10-9-24(41-5)18-29(25)45-35/h7-12,16-20,31,38H,6,13-15H2,1-5H3/b32-30+/t20-,31-/m1/s1. The summed E-state index contributed by atoms with van der Waals surface area (Å²) in [5, 5.41) is 12.1. The van der Waals surface area contributed by atoms with Gasteiger partial charge >= 0.3 is 5.91 Å². The Balaban J connectivity index is 1.50. The normalized spacial score (nSPS) is 18.8. The first-order chi connectivity index (χ1) is 21.7. The number of aliphatic hydroxyl groups is 1. The molecule has 2 atom stereocenters. The Morgan fingerprint density at radius 1 is 1.09 bits per heavy atom. The van der Waals surface area contributed by atoms with E-state index in [4.69, 9.17) is 23.9 Å². The molecular formula is C35H36N2O7S. The number of aromatic nitrogens is 1. The van der Waals surface area contributed by atoms with Gasteiger partial charge in [-0.25, -0.2) is 4.98 Å². The molecule has 6 rings (SSSR count). The summed E-state index contributed by atoms with van der Waals surface area (Å²) in [6.07, 6.45) is 1.57. The van der Waals surface area contributed by atoms with Crippen LogP contribution in [0.1, 0.15) is 56.8 Å². The molecule has 1 fully saturated rings. The van der Waals surface area contributed by atoms with Gasteiger partial charge in [0.05, 0.1) is 42.2 Å². The van der Waals surface area contributed by atoms with E-state index in [0.717, 1.165) is 22.4 Å². The summed E-state index contributed by atoms with van der Waals surface area (Å²) >= 11 is 1.27. The topological polar surface area (TPSA) is 107 Å². The van der Waals surface area contributed by atoms with Crippen molar-refractivity contribution in [2.75, 3.05) is 25.2 Å². The number of hydrogen-bond donors (Lipinski definition) is 1. The second-order valence-corrected chi connectivity index (χ2v) is 12.6. The minimum atomic E-state index is -0.972. The largest absolute Gasteiger partial charge is 0.507 e. The van der Waals surface area contributed by atoms with Gasteiger partial charge in [-0.05, 0) is 85.8 Å². The average molecular weight is 629 g/mol. The van der Waals surface area contributed by atoms with Crippen LogP contribution in [0.5, 0.6) is 23.0 Å². The SMILES string of the molecule is CCOc1cc([C@@H]2/C(=C(\O)c3ccc4c(c3)C[C@@H](C)O4)C(=O)C(=O)N2c2nc3ccc(OC)cc3s2)ccc1OCCC(C)C. The molecule has 9 nitrogen and oxygen atoms in total. The average Bonchev–Trinajstić information content (AvgIpc) is 3.69. The summed E-state index contributed by atoms with van der Waals surface area (Å²) in [5.41, 5.74) is 2.57. The molecule has 1 aromatic heterocycles. The summed E-state index contributed by atoms with van der Waals surface area (Å²) in [5.74, 6) is 1.09. The lowest BCUT2D eigenvalue weighted by atomic mass is 9.94. The van der Waals surface area contributed by atoms with E-state index in [9.17, 15) is 14.7 Å². The highest BCUT2D eigenvalue weighted by Crippen LogP contribution is 2.46. The molecule has 2 aliphatic rings. The number of carbonyl (C=O) groups is 2. The van der Waals surface area contributed by atoms with Crippen LogP contribution in [0.25, 0.3) is 16.0 Å². The van der Waals surface area contributed by atoms with Gasteiger partial charge in [0.25, 0.3) is 5.78 Å². The molecule has 0 radical (unpaired) electrons. The lowest BCUT2D eigenvalue weighted by molar-refractivity contribution is -0.132. The first kappa shape index (κ1) is 30.5. The van der Waals surface area contributed by atoms with Crippen LogP contribution in [-0.2, 0) is 16.0 Å². The van der Waals surface area contributed by atoms with Gasteiger partial charge in [0.1, 0.15) is 23.4 Å². The first-order valence-corrected chi connectivity index (χ1v) is 15.9. The molecule has 0 spiro atoms. The molecule has 0 aliphatic carbocycles.